The zero-order valence-corrected chi connectivity index (χ0v) is 10.9. The Morgan fingerprint density at radius 2 is 1.61 bits per heavy atom. The average molecular weight is 264 g/mol. The SMILES string of the molecule is Cl.NC(CO)Cc1cccc(-c2ccccc2)c1. The summed E-state index contributed by atoms with van der Waals surface area (Å²) in [7, 11) is 0. The molecule has 0 spiro atoms. The predicted molar refractivity (Wildman–Crippen MR) is 77.9 cm³/mol. The van der Waals surface area contributed by atoms with Crippen molar-refractivity contribution in [3.05, 3.63) is 60.2 Å². The summed E-state index contributed by atoms with van der Waals surface area (Å²) in [5.74, 6) is 0. The first-order valence-electron chi connectivity index (χ1n) is 5.80. The lowest BCUT2D eigenvalue weighted by molar-refractivity contribution is 0.265. The van der Waals surface area contributed by atoms with Gasteiger partial charge in [0, 0.05) is 6.04 Å². The molecule has 1 unspecified atom stereocenters. The molecule has 0 heterocycles. The van der Waals surface area contributed by atoms with E-state index in [0.717, 1.165) is 5.56 Å². The zero-order chi connectivity index (χ0) is 12.1. The van der Waals surface area contributed by atoms with Gasteiger partial charge in [-0.1, -0.05) is 54.6 Å². The van der Waals surface area contributed by atoms with E-state index in [2.05, 4.69) is 24.3 Å². The minimum atomic E-state index is -0.180. The fraction of sp³-hybridized carbons (Fsp3) is 0.200. The number of halogens is 1. The van der Waals surface area contributed by atoms with Crippen LogP contribution >= 0.6 is 12.4 Å². The lowest BCUT2D eigenvalue weighted by Gasteiger charge is -2.09. The van der Waals surface area contributed by atoms with E-state index >= 15 is 0 Å². The summed E-state index contributed by atoms with van der Waals surface area (Å²) >= 11 is 0. The van der Waals surface area contributed by atoms with Crippen LogP contribution in [0.1, 0.15) is 5.56 Å². The molecular weight excluding hydrogens is 246 g/mol. The van der Waals surface area contributed by atoms with Gasteiger partial charge in [-0.15, -0.1) is 12.4 Å². The Labute approximate surface area is 114 Å². The fourth-order valence-electron chi connectivity index (χ4n) is 1.88. The molecule has 3 N–H and O–H groups in total. The second-order valence-electron chi connectivity index (χ2n) is 4.21. The van der Waals surface area contributed by atoms with Crippen molar-refractivity contribution in [2.24, 2.45) is 5.73 Å². The number of hydrogen-bond donors (Lipinski definition) is 2. The third kappa shape index (κ3) is 3.84. The van der Waals surface area contributed by atoms with E-state index in [1.807, 2.05) is 30.3 Å². The van der Waals surface area contributed by atoms with Crippen molar-refractivity contribution in [2.45, 2.75) is 12.5 Å². The highest BCUT2D eigenvalue weighted by Gasteiger charge is 2.03. The molecule has 0 amide bonds. The van der Waals surface area contributed by atoms with Gasteiger partial charge >= 0.3 is 0 Å². The van der Waals surface area contributed by atoms with Crippen molar-refractivity contribution in [1.29, 1.82) is 0 Å². The minimum Gasteiger partial charge on any atom is -0.395 e. The van der Waals surface area contributed by atoms with Gasteiger partial charge in [0.05, 0.1) is 6.61 Å². The summed E-state index contributed by atoms with van der Waals surface area (Å²) in [5.41, 5.74) is 9.29. The van der Waals surface area contributed by atoms with Crippen molar-refractivity contribution in [2.75, 3.05) is 6.61 Å². The van der Waals surface area contributed by atoms with Crippen molar-refractivity contribution in [3.8, 4) is 11.1 Å². The highest BCUT2D eigenvalue weighted by Crippen LogP contribution is 2.20. The van der Waals surface area contributed by atoms with Crippen LogP contribution in [0.25, 0.3) is 11.1 Å². The molecule has 0 bridgehead atoms. The van der Waals surface area contributed by atoms with Gasteiger partial charge in [-0.25, -0.2) is 0 Å². The normalized spacial score (nSPS) is 11.7. The van der Waals surface area contributed by atoms with E-state index in [-0.39, 0.29) is 25.1 Å². The topological polar surface area (TPSA) is 46.2 Å². The molecule has 1 atom stereocenters. The summed E-state index contributed by atoms with van der Waals surface area (Å²) in [6.07, 6.45) is 0.706. The zero-order valence-electron chi connectivity index (χ0n) is 10.1. The molecule has 0 aliphatic rings. The van der Waals surface area contributed by atoms with Crippen molar-refractivity contribution in [3.63, 3.8) is 0 Å². The van der Waals surface area contributed by atoms with Gasteiger partial charge in [-0.2, -0.15) is 0 Å². The van der Waals surface area contributed by atoms with Crippen LogP contribution in [0.15, 0.2) is 54.6 Å². The van der Waals surface area contributed by atoms with Crippen LogP contribution in [0.2, 0.25) is 0 Å². The third-order valence-electron chi connectivity index (χ3n) is 2.77. The minimum absolute atomic E-state index is 0. The molecule has 0 saturated heterocycles. The van der Waals surface area contributed by atoms with Crippen LogP contribution in [0.3, 0.4) is 0 Å². The molecule has 0 aromatic heterocycles. The number of hydrogen-bond acceptors (Lipinski definition) is 2. The first-order chi connectivity index (χ1) is 8.29. The van der Waals surface area contributed by atoms with Crippen LogP contribution in [0.4, 0.5) is 0 Å². The maximum absolute atomic E-state index is 8.96. The molecule has 2 nitrogen and oxygen atoms in total. The monoisotopic (exact) mass is 263 g/mol. The highest BCUT2D eigenvalue weighted by atomic mass is 35.5. The van der Waals surface area contributed by atoms with Crippen LogP contribution in [0.5, 0.6) is 0 Å². The van der Waals surface area contributed by atoms with E-state index < -0.39 is 0 Å². The molecule has 96 valence electrons. The Balaban J connectivity index is 0.00000162. The molecule has 2 rings (SSSR count). The van der Waals surface area contributed by atoms with Crippen LogP contribution in [0, 0.1) is 0 Å². The smallest absolute Gasteiger partial charge is 0.0585 e. The Morgan fingerprint density at radius 3 is 2.28 bits per heavy atom. The molecular formula is C15H18ClNO. The van der Waals surface area contributed by atoms with E-state index in [0.29, 0.717) is 6.42 Å². The standard InChI is InChI=1S/C15H17NO.ClH/c16-15(11-17)10-12-5-4-8-14(9-12)13-6-2-1-3-7-13;/h1-9,15,17H,10-11,16H2;1H. The summed E-state index contributed by atoms with van der Waals surface area (Å²) in [5, 5.41) is 8.96. The largest absolute Gasteiger partial charge is 0.395 e. The summed E-state index contributed by atoms with van der Waals surface area (Å²) < 4.78 is 0. The van der Waals surface area contributed by atoms with E-state index in [4.69, 9.17) is 10.8 Å². The second kappa shape index (κ2) is 7.17. The number of aliphatic hydroxyl groups is 1. The lowest BCUT2D eigenvalue weighted by atomic mass is 10.00. The highest BCUT2D eigenvalue weighted by molar-refractivity contribution is 5.85. The van der Waals surface area contributed by atoms with E-state index in [9.17, 15) is 0 Å². The van der Waals surface area contributed by atoms with Crippen molar-refractivity contribution < 1.29 is 5.11 Å². The summed E-state index contributed by atoms with van der Waals surface area (Å²) in [6.45, 7) is 0.0234. The molecule has 0 fully saturated rings. The van der Waals surface area contributed by atoms with Gasteiger partial charge in [-0.3, -0.25) is 0 Å². The molecule has 2 aromatic rings. The van der Waals surface area contributed by atoms with Gasteiger partial charge in [0.25, 0.3) is 0 Å². The maximum atomic E-state index is 8.96. The van der Waals surface area contributed by atoms with Gasteiger partial charge in [-0.05, 0) is 23.1 Å². The Kier molecular flexibility index (Phi) is 5.86. The summed E-state index contributed by atoms with van der Waals surface area (Å²) in [6, 6.07) is 18.4. The number of rotatable bonds is 4. The van der Waals surface area contributed by atoms with Crippen molar-refractivity contribution in [1.82, 2.24) is 0 Å². The Hall–Kier alpha value is -1.35. The van der Waals surface area contributed by atoms with Gasteiger partial charge < -0.3 is 10.8 Å². The fourth-order valence-corrected chi connectivity index (χ4v) is 1.88. The molecule has 3 heteroatoms. The van der Waals surface area contributed by atoms with Crippen molar-refractivity contribution >= 4 is 12.4 Å². The molecule has 0 aliphatic heterocycles. The first-order valence-corrected chi connectivity index (χ1v) is 5.80. The van der Waals surface area contributed by atoms with Gasteiger partial charge in [0.1, 0.15) is 0 Å². The number of aliphatic hydroxyl groups excluding tert-OH is 1. The second-order valence-corrected chi connectivity index (χ2v) is 4.21. The molecule has 18 heavy (non-hydrogen) atoms. The first kappa shape index (κ1) is 14.7. The Bertz CT molecular complexity index is 473. The molecule has 0 saturated carbocycles. The Morgan fingerprint density at radius 1 is 0.944 bits per heavy atom. The van der Waals surface area contributed by atoms with Crippen LogP contribution in [-0.4, -0.2) is 17.8 Å². The molecule has 0 radical (unpaired) electrons. The average Bonchev–Trinajstić information content (AvgIpc) is 2.40. The predicted octanol–water partition coefficient (Wildman–Crippen LogP) is 2.64. The molecule has 0 aliphatic carbocycles. The van der Waals surface area contributed by atoms with Gasteiger partial charge in [0.15, 0.2) is 0 Å². The number of nitrogens with two attached hydrogens (primary N) is 1. The number of benzene rings is 2. The lowest BCUT2D eigenvalue weighted by Crippen LogP contribution is -2.26. The van der Waals surface area contributed by atoms with E-state index in [1.165, 1.54) is 11.1 Å². The maximum Gasteiger partial charge on any atom is 0.0585 e. The van der Waals surface area contributed by atoms with Crippen LogP contribution in [-0.2, 0) is 6.42 Å². The third-order valence-corrected chi connectivity index (χ3v) is 2.77. The quantitative estimate of drug-likeness (QED) is 0.891. The van der Waals surface area contributed by atoms with Gasteiger partial charge in [0.2, 0.25) is 0 Å². The van der Waals surface area contributed by atoms with E-state index in [1.54, 1.807) is 0 Å². The van der Waals surface area contributed by atoms with Crippen LogP contribution < -0.4 is 5.73 Å². The summed E-state index contributed by atoms with van der Waals surface area (Å²) in [4.78, 5) is 0. The molecule has 2 aromatic carbocycles.